The number of aromatic nitrogens is 3. The van der Waals surface area contributed by atoms with Crippen LogP contribution in [0.2, 0.25) is 0 Å². The van der Waals surface area contributed by atoms with Gasteiger partial charge >= 0.3 is 29.2 Å². The van der Waals surface area contributed by atoms with Crippen LogP contribution in [0.4, 0.5) is 4.39 Å². The van der Waals surface area contributed by atoms with Gasteiger partial charge in [-0.3, -0.25) is 14.3 Å². The highest BCUT2D eigenvalue weighted by Gasteiger charge is 2.60. The number of hydrogen-bond donors (Lipinski definition) is 6. The molecule has 2 heterocycles. The van der Waals surface area contributed by atoms with Gasteiger partial charge in [0.2, 0.25) is 11.9 Å². The zero-order valence-corrected chi connectivity index (χ0v) is 19.1. The number of rotatable bonds is 8. The summed E-state index contributed by atoms with van der Waals surface area (Å²) >= 11 is 0. The summed E-state index contributed by atoms with van der Waals surface area (Å²) in [6.45, 7) is 2.09. The first-order chi connectivity index (χ1) is 14.9. The molecule has 0 spiro atoms. The summed E-state index contributed by atoms with van der Waals surface area (Å²) in [5.74, 6) is 4.14. The molecule has 186 valence electrons. The summed E-state index contributed by atoms with van der Waals surface area (Å²) in [5, 5.41) is 13.8. The zero-order chi connectivity index (χ0) is 25.4. The first kappa shape index (κ1) is 27.7. The molecule has 1 saturated heterocycles. The van der Waals surface area contributed by atoms with Gasteiger partial charge in [-0.1, -0.05) is 5.92 Å². The van der Waals surface area contributed by atoms with Crippen molar-refractivity contribution >= 4 is 23.5 Å². The van der Waals surface area contributed by atoms with Gasteiger partial charge in [0.25, 0.3) is 5.56 Å². The third-order valence-corrected chi connectivity index (χ3v) is 7.77. The second kappa shape index (κ2) is 9.59. The molecule has 33 heavy (non-hydrogen) atoms. The molecular weight excluding hydrogens is 522 g/mol. The van der Waals surface area contributed by atoms with Gasteiger partial charge in [-0.05, 0) is 13.8 Å². The number of hydrogen-bond acceptors (Lipinski definition) is 11. The summed E-state index contributed by atoms with van der Waals surface area (Å²) in [6, 6.07) is 0. The molecule has 0 saturated carbocycles. The van der Waals surface area contributed by atoms with Gasteiger partial charge in [0.1, 0.15) is 18.4 Å². The van der Waals surface area contributed by atoms with E-state index in [0.717, 1.165) is 6.92 Å². The van der Waals surface area contributed by atoms with E-state index < -0.39 is 64.9 Å². The molecule has 17 nitrogen and oxygen atoms in total. The molecule has 21 heteroatoms. The predicted octanol–water partition coefficient (Wildman–Crippen LogP) is -1.35. The molecule has 0 bridgehead atoms. The van der Waals surface area contributed by atoms with E-state index in [1.807, 2.05) is 5.92 Å². The first-order valence-electron chi connectivity index (χ1n) is 8.37. The summed E-state index contributed by atoms with van der Waals surface area (Å²) in [7, 11) is -17.1. The number of nitrogens with zero attached hydrogens (tertiary/aromatic N) is 2. The second-order valence-electron chi connectivity index (χ2n) is 6.33. The van der Waals surface area contributed by atoms with Gasteiger partial charge in [-0.2, -0.15) is 18.4 Å². The van der Waals surface area contributed by atoms with Crippen molar-refractivity contribution in [1.82, 2.24) is 14.8 Å². The predicted molar refractivity (Wildman–Crippen MR) is 101 cm³/mol. The minimum Gasteiger partial charge on any atom is -0.386 e. The largest absolute Gasteiger partial charge is 0.490 e. The summed E-state index contributed by atoms with van der Waals surface area (Å²) < 4.78 is 66.8. The first-order valence-corrected chi connectivity index (χ1v) is 12.9. The molecule has 2 rings (SSSR count). The maximum absolute atomic E-state index is 15.6. The van der Waals surface area contributed by atoms with E-state index in [0.29, 0.717) is 10.9 Å². The molecule has 0 radical (unpaired) electrons. The Morgan fingerprint density at radius 2 is 1.85 bits per heavy atom. The Kier molecular flexibility index (Phi) is 8.04. The monoisotopic (exact) mass is 539 g/mol. The van der Waals surface area contributed by atoms with E-state index >= 15 is 4.39 Å². The molecule has 0 aliphatic carbocycles. The van der Waals surface area contributed by atoms with Gasteiger partial charge < -0.3 is 29.4 Å². The molecule has 1 aromatic heterocycles. The molecule has 0 amide bonds. The van der Waals surface area contributed by atoms with Crippen LogP contribution in [0.3, 0.4) is 0 Å². The topological polar surface area (TPSA) is 257 Å². The molecule has 7 atom stereocenters. The Morgan fingerprint density at radius 1 is 1.24 bits per heavy atom. The van der Waals surface area contributed by atoms with Crippen LogP contribution >= 0.6 is 23.5 Å². The lowest BCUT2D eigenvalue weighted by molar-refractivity contribution is -0.0829. The number of H-pyrrole nitrogens is 1. The van der Waals surface area contributed by atoms with Crippen molar-refractivity contribution in [3.05, 3.63) is 27.0 Å². The van der Waals surface area contributed by atoms with Gasteiger partial charge in [0.15, 0.2) is 0 Å². The van der Waals surface area contributed by atoms with E-state index in [1.165, 1.54) is 6.92 Å². The van der Waals surface area contributed by atoms with Gasteiger partial charge in [0.05, 0.1) is 6.10 Å². The fraction of sp³-hybridized carbons (Fsp3) is 0.583. The van der Waals surface area contributed by atoms with E-state index in [2.05, 4.69) is 24.2 Å². The molecule has 3 unspecified atom stereocenters. The van der Waals surface area contributed by atoms with E-state index in [4.69, 9.17) is 14.5 Å². The van der Waals surface area contributed by atoms with Crippen molar-refractivity contribution in [2.45, 2.75) is 44.1 Å². The third kappa shape index (κ3) is 6.74. The highest BCUT2D eigenvalue weighted by Crippen LogP contribution is 2.66. The lowest BCUT2D eigenvalue weighted by Gasteiger charge is -2.25. The summed E-state index contributed by atoms with van der Waals surface area (Å²) in [4.78, 5) is 60.8. The molecule has 0 aromatic carbocycles. The van der Waals surface area contributed by atoms with E-state index in [1.54, 1.807) is 4.98 Å². The van der Waals surface area contributed by atoms with Crippen LogP contribution in [0.5, 0.6) is 0 Å². The molecule has 1 aliphatic heterocycles. The van der Waals surface area contributed by atoms with Crippen molar-refractivity contribution in [2.24, 2.45) is 0 Å². The van der Waals surface area contributed by atoms with Gasteiger partial charge in [0, 0.05) is 0 Å². The van der Waals surface area contributed by atoms with Gasteiger partial charge in [-0.15, -0.1) is 5.92 Å². The van der Waals surface area contributed by atoms with Crippen molar-refractivity contribution in [3.63, 3.8) is 0 Å². The average Bonchev–Trinajstić information content (AvgIpc) is 2.83. The maximum atomic E-state index is 15.6. The Hall–Kier alpha value is -1.57. The quantitative estimate of drug-likeness (QED) is 0.165. The summed E-state index contributed by atoms with van der Waals surface area (Å²) in [5.41, 5.74) is -5.25. The van der Waals surface area contributed by atoms with Crippen LogP contribution in [0.15, 0.2) is 15.8 Å². The van der Waals surface area contributed by atoms with Crippen molar-refractivity contribution in [1.29, 1.82) is 0 Å². The number of phosphoric acid groups is 3. The molecule has 1 fully saturated rings. The fourth-order valence-electron chi connectivity index (χ4n) is 2.74. The molecular formula is C12H17FN3O14P3. The smallest absolute Gasteiger partial charge is 0.386 e. The van der Waals surface area contributed by atoms with Crippen LogP contribution in [0, 0.1) is 11.8 Å². The van der Waals surface area contributed by atoms with Crippen molar-refractivity contribution in [2.75, 3.05) is 0 Å². The standard InChI is InChI=1S/C12H17FN3O14P3/c1-3-4-12(13)9(18)8(27-10(12)16-11(19)15-7(17)5-14-16)6(2)28-32(23,24)30-33(25,26)29-31(20,21)22/h5-6,8-10,18H,1-2H3,(H,23,24)(H,25,26)(H,15,17,19)(H2,20,21,22)/t6-,8-,9?,10-,12-/m1/s1. The van der Waals surface area contributed by atoms with E-state index in [9.17, 15) is 38.2 Å². The number of aliphatic hydroxyl groups is 1. The SMILES string of the molecule is CC#C[C@@]1(F)C(O)[C@@H]([C@@H](C)OP(=O)(O)OP(=O)(O)OP(=O)(O)O)O[C@H]1n1ncc(=O)[nH]c1=O. The highest BCUT2D eigenvalue weighted by molar-refractivity contribution is 7.66. The normalized spacial score (nSPS) is 30.0. The highest BCUT2D eigenvalue weighted by atomic mass is 31.3. The van der Waals surface area contributed by atoms with Crippen LogP contribution in [-0.2, 0) is 31.6 Å². The van der Waals surface area contributed by atoms with Gasteiger partial charge in [-0.25, -0.2) is 22.9 Å². The number of aliphatic hydroxyl groups excluding tert-OH is 1. The van der Waals surface area contributed by atoms with Crippen molar-refractivity contribution in [3.8, 4) is 11.8 Å². The van der Waals surface area contributed by atoms with Crippen LogP contribution in [-0.4, -0.2) is 63.4 Å². The minimum absolute atomic E-state index is 0.298. The Bertz CT molecular complexity index is 1220. The third-order valence-electron chi connectivity index (χ3n) is 3.84. The Labute approximate surface area is 182 Å². The van der Waals surface area contributed by atoms with Crippen LogP contribution in [0.25, 0.3) is 0 Å². The summed E-state index contributed by atoms with van der Waals surface area (Å²) in [6.07, 6.45) is -7.52. The Balaban J connectivity index is 2.32. The number of phosphoric ester groups is 1. The van der Waals surface area contributed by atoms with Crippen molar-refractivity contribution < 1.29 is 60.6 Å². The minimum atomic E-state index is -5.84. The number of nitrogens with one attached hydrogen (secondary N) is 1. The van der Waals surface area contributed by atoms with Crippen LogP contribution in [0.1, 0.15) is 20.1 Å². The van der Waals surface area contributed by atoms with Crippen LogP contribution < -0.4 is 11.2 Å². The lowest BCUT2D eigenvalue weighted by atomic mass is 9.94. The van der Waals surface area contributed by atoms with E-state index in [-0.39, 0.29) is 0 Å². The lowest BCUT2D eigenvalue weighted by Crippen LogP contribution is -2.46. The molecule has 1 aromatic rings. The zero-order valence-electron chi connectivity index (χ0n) is 16.4. The average molecular weight is 539 g/mol. The molecule has 1 aliphatic rings. The second-order valence-corrected chi connectivity index (χ2v) is 10.7. The number of halogens is 1. The Morgan fingerprint density at radius 3 is 2.36 bits per heavy atom. The fourth-order valence-corrected chi connectivity index (χ4v) is 5.94. The number of aromatic amines is 1. The number of ether oxygens (including phenoxy) is 1. The maximum Gasteiger partial charge on any atom is 0.490 e. The molecule has 6 N–H and O–H groups in total. The number of alkyl halides is 1.